The molecule has 9 heteroatoms. The Bertz CT molecular complexity index is 1310. The van der Waals surface area contributed by atoms with Crippen LogP contribution in [0.5, 0.6) is 17.2 Å². The molecule has 3 aromatic carbocycles. The van der Waals surface area contributed by atoms with E-state index in [2.05, 4.69) is 0 Å². The molecule has 0 unspecified atom stereocenters. The van der Waals surface area contributed by atoms with Gasteiger partial charge in [-0.2, -0.15) is 0 Å². The minimum atomic E-state index is -0.898. The number of aliphatic carboxylic acids is 1. The standard InChI is InChI=1S/C29H28O8S/c1-34-25-13-10-22(15-23(25)17-38-18-28(31)32)24(30)11-6-19-7-12-26(27(14-19)35-2)37-16-20-4-8-21(9-5-20)29(33)36-3/h4-15H,16-18H2,1-3H3,(H,31,32). The van der Waals surface area contributed by atoms with E-state index in [4.69, 9.17) is 24.1 Å². The van der Waals surface area contributed by atoms with E-state index >= 15 is 0 Å². The zero-order valence-corrected chi connectivity index (χ0v) is 22.1. The van der Waals surface area contributed by atoms with Gasteiger partial charge < -0.3 is 24.1 Å². The van der Waals surface area contributed by atoms with Gasteiger partial charge in [0.25, 0.3) is 0 Å². The smallest absolute Gasteiger partial charge is 0.337 e. The summed E-state index contributed by atoms with van der Waals surface area (Å²) < 4.78 is 21.4. The Morgan fingerprint density at radius 3 is 2.18 bits per heavy atom. The Balaban J connectivity index is 1.67. The third-order valence-corrected chi connectivity index (χ3v) is 6.40. The normalized spacial score (nSPS) is 10.7. The van der Waals surface area contributed by atoms with Crippen molar-refractivity contribution in [1.82, 2.24) is 0 Å². The lowest BCUT2D eigenvalue weighted by atomic mass is 10.1. The third-order valence-electron chi connectivity index (χ3n) is 5.43. The minimum Gasteiger partial charge on any atom is -0.496 e. The predicted molar refractivity (Wildman–Crippen MR) is 145 cm³/mol. The molecule has 0 atom stereocenters. The Morgan fingerprint density at radius 2 is 1.53 bits per heavy atom. The van der Waals surface area contributed by atoms with Gasteiger partial charge in [0.05, 0.1) is 32.6 Å². The van der Waals surface area contributed by atoms with Gasteiger partial charge in [-0.3, -0.25) is 9.59 Å². The first kappa shape index (κ1) is 28.3. The average molecular weight is 537 g/mol. The Hall–Kier alpha value is -4.24. The first-order chi connectivity index (χ1) is 18.3. The maximum Gasteiger partial charge on any atom is 0.337 e. The highest BCUT2D eigenvalue weighted by molar-refractivity contribution is 7.99. The van der Waals surface area contributed by atoms with Gasteiger partial charge in [-0.25, -0.2) is 4.79 Å². The number of ketones is 1. The van der Waals surface area contributed by atoms with Crippen LogP contribution in [0.1, 0.15) is 37.4 Å². The third kappa shape index (κ3) is 7.88. The number of benzene rings is 3. The molecule has 0 heterocycles. The van der Waals surface area contributed by atoms with Crippen molar-refractivity contribution in [1.29, 1.82) is 0 Å². The molecular formula is C29H28O8S. The lowest BCUT2D eigenvalue weighted by Crippen LogP contribution is -2.02. The number of carbonyl (C=O) groups excluding carboxylic acids is 2. The molecule has 0 spiro atoms. The molecule has 0 aliphatic heterocycles. The SMILES string of the molecule is COC(=O)c1ccc(COc2ccc(C=CC(=O)c3ccc(OC)c(CSCC(=O)O)c3)cc2OC)cc1. The average Bonchev–Trinajstić information content (AvgIpc) is 2.94. The van der Waals surface area contributed by atoms with Crippen molar-refractivity contribution in [2.75, 3.05) is 27.1 Å². The number of hydrogen-bond donors (Lipinski definition) is 1. The van der Waals surface area contributed by atoms with Gasteiger partial charge in [-0.1, -0.05) is 24.3 Å². The lowest BCUT2D eigenvalue weighted by molar-refractivity contribution is -0.133. The molecule has 3 aromatic rings. The fourth-order valence-corrected chi connectivity index (χ4v) is 4.21. The lowest BCUT2D eigenvalue weighted by Gasteiger charge is -2.12. The number of esters is 1. The summed E-state index contributed by atoms with van der Waals surface area (Å²) in [5, 5.41) is 8.86. The van der Waals surface area contributed by atoms with Crippen LogP contribution in [-0.2, 0) is 21.9 Å². The summed E-state index contributed by atoms with van der Waals surface area (Å²) in [5.74, 6) is 0.516. The molecular weight excluding hydrogens is 508 g/mol. The predicted octanol–water partition coefficient (Wildman–Crippen LogP) is 5.28. The van der Waals surface area contributed by atoms with Crippen molar-refractivity contribution < 1.29 is 38.4 Å². The number of hydrogen-bond acceptors (Lipinski definition) is 8. The molecule has 3 rings (SSSR count). The zero-order chi connectivity index (χ0) is 27.5. The highest BCUT2D eigenvalue weighted by Gasteiger charge is 2.11. The van der Waals surface area contributed by atoms with Gasteiger partial charge >= 0.3 is 11.9 Å². The van der Waals surface area contributed by atoms with Crippen LogP contribution in [0.25, 0.3) is 6.08 Å². The monoisotopic (exact) mass is 536 g/mol. The highest BCUT2D eigenvalue weighted by Crippen LogP contribution is 2.30. The number of thioether (sulfide) groups is 1. The largest absolute Gasteiger partial charge is 0.496 e. The maximum atomic E-state index is 12.8. The number of methoxy groups -OCH3 is 3. The molecule has 0 radical (unpaired) electrons. The van der Waals surface area contributed by atoms with Crippen LogP contribution in [0, 0.1) is 0 Å². The van der Waals surface area contributed by atoms with Crippen LogP contribution >= 0.6 is 11.8 Å². The summed E-state index contributed by atoms with van der Waals surface area (Å²) >= 11 is 1.23. The molecule has 38 heavy (non-hydrogen) atoms. The van der Waals surface area contributed by atoms with Crippen LogP contribution in [-0.4, -0.2) is 49.9 Å². The van der Waals surface area contributed by atoms with Crippen LogP contribution in [0.3, 0.4) is 0 Å². The van der Waals surface area contributed by atoms with E-state index in [1.54, 1.807) is 60.7 Å². The second kappa shape index (κ2) is 13.9. The van der Waals surface area contributed by atoms with E-state index in [0.717, 1.165) is 16.7 Å². The maximum absolute atomic E-state index is 12.8. The number of ether oxygens (including phenoxy) is 4. The number of carbonyl (C=O) groups is 3. The van der Waals surface area contributed by atoms with Crippen LogP contribution < -0.4 is 14.2 Å². The summed E-state index contributed by atoms with van der Waals surface area (Å²) in [6.45, 7) is 0.274. The second-order valence-electron chi connectivity index (χ2n) is 8.00. The van der Waals surface area contributed by atoms with E-state index in [-0.39, 0.29) is 18.1 Å². The Labute approximate surface area is 225 Å². The molecule has 0 amide bonds. The molecule has 8 nitrogen and oxygen atoms in total. The molecule has 0 aromatic heterocycles. The molecule has 0 aliphatic rings. The van der Waals surface area contributed by atoms with Crippen LogP contribution in [0.2, 0.25) is 0 Å². The van der Waals surface area contributed by atoms with Crippen LogP contribution in [0.4, 0.5) is 0 Å². The number of rotatable bonds is 13. The zero-order valence-electron chi connectivity index (χ0n) is 21.3. The molecule has 0 bridgehead atoms. The number of carboxylic acid groups (broad SMARTS) is 1. The Kier molecular flexibility index (Phi) is 10.4. The van der Waals surface area contributed by atoms with Gasteiger partial charge in [0.1, 0.15) is 12.4 Å². The first-order valence-corrected chi connectivity index (χ1v) is 12.7. The van der Waals surface area contributed by atoms with Crippen molar-refractivity contribution in [3.63, 3.8) is 0 Å². The van der Waals surface area contributed by atoms with Crippen molar-refractivity contribution in [3.8, 4) is 17.2 Å². The van der Waals surface area contributed by atoms with E-state index in [1.807, 2.05) is 6.07 Å². The minimum absolute atomic E-state index is 0.0373. The second-order valence-corrected chi connectivity index (χ2v) is 8.98. The van der Waals surface area contributed by atoms with Gasteiger partial charge in [-0.15, -0.1) is 11.8 Å². The van der Waals surface area contributed by atoms with E-state index in [9.17, 15) is 14.4 Å². The molecule has 0 saturated heterocycles. The van der Waals surface area contributed by atoms with Crippen molar-refractivity contribution in [2.24, 2.45) is 0 Å². The number of carboxylic acids is 1. The van der Waals surface area contributed by atoms with E-state index < -0.39 is 11.9 Å². The summed E-state index contributed by atoms with van der Waals surface area (Å²) in [5.41, 5.74) is 3.30. The summed E-state index contributed by atoms with van der Waals surface area (Å²) in [7, 11) is 4.40. The quantitative estimate of drug-likeness (QED) is 0.177. The summed E-state index contributed by atoms with van der Waals surface area (Å²) in [4.78, 5) is 35.2. The first-order valence-electron chi connectivity index (χ1n) is 11.5. The summed E-state index contributed by atoms with van der Waals surface area (Å²) in [6.07, 6.45) is 3.15. The fraction of sp³-hybridized carbons (Fsp3) is 0.207. The van der Waals surface area contributed by atoms with Crippen LogP contribution in [0.15, 0.2) is 66.7 Å². The Morgan fingerprint density at radius 1 is 0.842 bits per heavy atom. The van der Waals surface area contributed by atoms with E-state index in [1.165, 1.54) is 39.2 Å². The van der Waals surface area contributed by atoms with Gasteiger partial charge in [0, 0.05) is 16.9 Å². The number of allylic oxidation sites excluding steroid dienone is 1. The molecule has 0 fully saturated rings. The van der Waals surface area contributed by atoms with Gasteiger partial charge in [0.2, 0.25) is 0 Å². The van der Waals surface area contributed by atoms with Crippen molar-refractivity contribution in [3.05, 3.63) is 94.6 Å². The molecule has 0 saturated carbocycles. The van der Waals surface area contributed by atoms with Gasteiger partial charge in [0.15, 0.2) is 17.3 Å². The topological polar surface area (TPSA) is 108 Å². The van der Waals surface area contributed by atoms with Crippen molar-refractivity contribution >= 4 is 35.6 Å². The fourth-order valence-electron chi connectivity index (χ4n) is 3.48. The molecule has 0 aliphatic carbocycles. The molecule has 198 valence electrons. The van der Waals surface area contributed by atoms with Gasteiger partial charge in [-0.05, 0) is 59.7 Å². The van der Waals surface area contributed by atoms with Crippen molar-refractivity contribution in [2.45, 2.75) is 12.4 Å². The summed E-state index contributed by atoms with van der Waals surface area (Å²) in [6, 6.07) is 17.4. The van der Waals surface area contributed by atoms with E-state index in [0.29, 0.717) is 34.1 Å². The highest BCUT2D eigenvalue weighted by atomic mass is 32.2. The molecule has 1 N–H and O–H groups in total.